The summed E-state index contributed by atoms with van der Waals surface area (Å²) in [7, 11) is 1.72. The van der Waals surface area contributed by atoms with E-state index in [0.29, 0.717) is 11.4 Å². The van der Waals surface area contributed by atoms with Gasteiger partial charge in [0.15, 0.2) is 0 Å². The fourth-order valence-corrected chi connectivity index (χ4v) is 2.19. The second-order valence-corrected chi connectivity index (χ2v) is 5.04. The van der Waals surface area contributed by atoms with Crippen molar-refractivity contribution in [1.29, 1.82) is 0 Å². The van der Waals surface area contributed by atoms with Crippen molar-refractivity contribution >= 4 is 23.4 Å². The van der Waals surface area contributed by atoms with E-state index < -0.39 is 5.97 Å². The summed E-state index contributed by atoms with van der Waals surface area (Å²) in [5.41, 5.74) is 0.475. The van der Waals surface area contributed by atoms with Crippen LogP contribution in [0.4, 0.5) is 10.2 Å². The Labute approximate surface area is 126 Å². The Morgan fingerprint density at radius 1 is 1.43 bits per heavy atom. The molecule has 1 heterocycles. The number of nitrogens with zero attached hydrogens (tertiary/aromatic N) is 2. The summed E-state index contributed by atoms with van der Waals surface area (Å²) in [5, 5.41) is 9.15. The molecule has 0 bridgehead atoms. The minimum Gasteiger partial charge on any atom is -0.478 e. The summed E-state index contributed by atoms with van der Waals surface area (Å²) in [5.74, 6) is -1.03. The smallest absolute Gasteiger partial charge is 0.337 e. The Kier molecular flexibility index (Phi) is 4.43. The highest BCUT2D eigenvalue weighted by molar-refractivity contribution is 6.33. The van der Waals surface area contributed by atoms with Crippen molar-refractivity contribution in [2.24, 2.45) is 0 Å². The first-order chi connectivity index (χ1) is 9.91. The quantitative estimate of drug-likeness (QED) is 0.934. The van der Waals surface area contributed by atoms with Gasteiger partial charge in [0.05, 0.1) is 16.6 Å². The van der Waals surface area contributed by atoms with Crippen LogP contribution in [-0.4, -0.2) is 23.1 Å². The molecule has 1 atom stereocenters. The zero-order chi connectivity index (χ0) is 15.6. The fraction of sp³-hybridized carbons (Fsp3) is 0.200. The summed E-state index contributed by atoms with van der Waals surface area (Å²) >= 11 is 5.80. The van der Waals surface area contributed by atoms with Crippen LogP contribution in [0.5, 0.6) is 0 Å². The van der Waals surface area contributed by atoms with Crippen molar-refractivity contribution in [3.05, 3.63) is 58.5 Å². The molecule has 1 aromatic heterocycles. The largest absolute Gasteiger partial charge is 0.478 e. The lowest BCUT2D eigenvalue weighted by Gasteiger charge is -2.27. The molecule has 2 rings (SSSR count). The van der Waals surface area contributed by atoms with Crippen LogP contribution < -0.4 is 4.90 Å². The molecule has 1 aromatic carbocycles. The lowest BCUT2D eigenvalue weighted by molar-refractivity contribution is 0.0697. The van der Waals surface area contributed by atoms with Gasteiger partial charge in [-0.2, -0.15) is 0 Å². The Balaban J connectivity index is 2.36. The van der Waals surface area contributed by atoms with E-state index in [1.54, 1.807) is 30.1 Å². The number of pyridine rings is 1. The topological polar surface area (TPSA) is 53.4 Å². The van der Waals surface area contributed by atoms with Crippen molar-refractivity contribution < 1.29 is 14.3 Å². The van der Waals surface area contributed by atoms with E-state index in [1.807, 2.05) is 6.92 Å². The first-order valence-electron chi connectivity index (χ1n) is 6.28. The minimum atomic E-state index is -1.13. The molecule has 1 N–H and O–H groups in total. The van der Waals surface area contributed by atoms with Gasteiger partial charge in [0.1, 0.15) is 11.6 Å². The molecule has 2 aromatic rings. The van der Waals surface area contributed by atoms with Gasteiger partial charge in [0.2, 0.25) is 0 Å². The number of hydrogen-bond donors (Lipinski definition) is 1. The third kappa shape index (κ3) is 3.13. The van der Waals surface area contributed by atoms with Gasteiger partial charge in [-0.1, -0.05) is 29.8 Å². The van der Waals surface area contributed by atoms with Crippen molar-refractivity contribution in [2.75, 3.05) is 11.9 Å². The van der Waals surface area contributed by atoms with Crippen LogP contribution in [0.15, 0.2) is 36.5 Å². The summed E-state index contributed by atoms with van der Waals surface area (Å²) < 4.78 is 13.8. The second kappa shape index (κ2) is 6.10. The maximum atomic E-state index is 13.8. The average Bonchev–Trinajstić information content (AvgIpc) is 2.46. The van der Waals surface area contributed by atoms with Crippen molar-refractivity contribution in [2.45, 2.75) is 13.0 Å². The van der Waals surface area contributed by atoms with E-state index in [1.165, 1.54) is 18.3 Å². The number of carbonyl (C=O) groups is 1. The number of benzene rings is 1. The highest BCUT2D eigenvalue weighted by Crippen LogP contribution is 2.27. The van der Waals surface area contributed by atoms with Crippen LogP contribution in [0.3, 0.4) is 0 Å². The molecule has 0 aliphatic rings. The molecule has 0 radical (unpaired) electrons. The highest BCUT2D eigenvalue weighted by atomic mass is 35.5. The average molecular weight is 309 g/mol. The Hall–Kier alpha value is -2.14. The van der Waals surface area contributed by atoms with Gasteiger partial charge in [-0.15, -0.1) is 0 Å². The van der Waals surface area contributed by atoms with E-state index in [0.717, 1.165) is 0 Å². The molecule has 0 aliphatic heterocycles. The van der Waals surface area contributed by atoms with E-state index >= 15 is 0 Å². The molecular weight excluding hydrogens is 295 g/mol. The Morgan fingerprint density at radius 3 is 2.71 bits per heavy atom. The summed E-state index contributed by atoms with van der Waals surface area (Å²) in [6, 6.07) is 7.51. The van der Waals surface area contributed by atoms with Crippen molar-refractivity contribution in [1.82, 2.24) is 4.98 Å². The molecule has 0 fully saturated rings. The van der Waals surface area contributed by atoms with Gasteiger partial charge < -0.3 is 10.0 Å². The first kappa shape index (κ1) is 15.3. The molecule has 4 nitrogen and oxygen atoms in total. The third-order valence-corrected chi connectivity index (χ3v) is 3.67. The molecule has 0 aliphatic carbocycles. The van der Waals surface area contributed by atoms with Crippen LogP contribution in [0.1, 0.15) is 28.9 Å². The summed E-state index contributed by atoms with van der Waals surface area (Å²) in [6.45, 7) is 1.81. The fourth-order valence-electron chi connectivity index (χ4n) is 2.01. The van der Waals surface area contributed by atoms with Gasteiger partial charge >= 0.3 is 5.97 Å². The van der Waals surface area contributed by atoms with Crippen LogP contribution >= 0.6 is 11.6 Å². The molecule has 21 heavy (non-hydrogen) atoms. The number of aromatic carboxylic acids is 1. The zero-order valence-electron chi connectivity index (χ0n) is 11.5. The Morgan fingerprint density at radius 2 is 2.10 bits per heavy atom. The van der Waals surface area contributed by atoms with Gasteiger partial charge in [-0.3, -0.25) is 0 Å². The molecular formula is C15H14ClFN2O2. The van der Waals surface area contributed by atoms with Crippen LogP contribution in [-0.2, 0) is 0 Å². The maximum absolute atomic E-state index is 13.8. The van der Waals surface area contributed by atoms with E-state index in [4.69, 9.17) is 16.7 Å². The standard InChI is InChI=1S/C15H14ClFN2O2/c1-9(10-5-3-4-6-13(10)17)19(2)14-7-11(15(20)21)12(16)8-18-14/h3-9H,1-2H3,(H,20,21). The van der Waals surface area contributed by atoms with Crippen molar-refractivity contribution in [3.8, 4) is 0 Å². The molecule has 1 unspecified atom stereocenters. The first-order valence-corrected chi connectivity index (χ1v) is 6.65. The van der Waals surface area contributed by atoms with Gasteiger partial charge in [-0.05, 0) is 19.1 Å². The SMILES string of the molecule is CC(c1ccccc1F)N(C)c1cc(C(=O)O)c(Cl)cn1. The van der Waals surface area contributed by atoms with E-state index in [2.05, 4.69) is 4.98 Å². The highest BCUT2D eigenvalue weighted by Gasteiger charge is 2.19. The summed E-state index contributed by atoms with van der Waals surface area (Å²) in [6.07, 6.45) is 1.28. The maximum Gasteiger partial charge on any atom is 0.337 e. The third-order valence-electron chi connectivity index (χ3n) is 3.37. The summed E-state index contributed by atoms with van der Waals surface area (Å²) in [4.78, 5) is 16.9. The van der Waals surface area contributed by atoms with Crippen LogP contribution in [0, 0.1) is 5.82 Å². The van der Waals surface area contributed by atoms with E-state index in [-0.39, 0.29) is 22.4 Å². The van der Waals surface area contributed by atoms with Gasteiger partial charge in [0.25, 0.3) is 0 Å². The molecule has 6 heteroatoms. The van der Waals surface area contributed by atoms with Crippen LogP contribution in [0.2, 0.25) is 5.02 Å². The predicted molar refractivity (Wildman–Crippen MR) is 79.4 cm³/mol. The number of hydrogen-bond acceptors (Lipinski definition) is 3. The normalized spacial score (nSPS) is 12.0. The number of anilines is 1. The number of carboxylic acids is 1. The van der Waals surface area contributed by atoms with Gasteiger partial charge in [0, 0.05) is 18.8 Å². The Bertz CT molecular complexity index is 678. The molecule has 0 saturated carbocycles. The zero-order valence-corrected chi connectivity index (χ0v) is 12.3. The monoisotopic (exact) mass is 308 g/mol. The second-order valence-electron chi connectivity index (χ2n) is 4.64. The number of aromatic nitrogens is 1. The number of rotatable bonds is 4. The molecule has 0 amide bonds. The minimum absolute atomic E-state index is 0.0331. The molecule has 0 saturated heterocycles. The van der Waals surface area contributed by atoms with Gasteiger partial charge in [-0.25, -0.2) is 14.2 Å². The molecule has 0 spiro atoms. The number of halogens is 2. The van der Waals surface area contributed by atoms with Crippen molar-refractivity contribution in [3.63, 3.8) is 0 Å². The lowest BCUT2D eigenvalue weighted by Crippen LogP contribution is -2.23. The lowest BCUT2D eigenvalue weighted by atomic mass is 10.1. The predicted octanol–water partition coefficient (Wildman–Crippen LogP) is 3.77. The van der Waals surface area contributed by atoms with E-state index in [9.17, 15) is 9.18 Å². The number of carboxylic acid groups (broad SMARTS) is 1. The van der Waals surface area contributed by atoms with Crippen LogP contribution in [0.25, 0.3) is 0 Å². The molecule has 110 valence electrons.